The number of benzene rings is 1. The third-order valence-electron chi connectivity index (χ3n) is 4.66. The first kappa shape index (κ1) is 16.1. The van der Waals surface area contributed by atoms with Gasteiger partial charge in [-0.15, -0.1) is 0 Å². The molecule has 1 saturated heterocycles. The highest BCUT2D eigenvalue weighted by atomic mass is 19.1. The van der Waals surface area contributed by atoms with Crippen molar-refractivity contribution in [2.24, 2.45) is 0 Å². The summed E-state index contributed by atoms with van der Waals surface area (Å²) in [5.74, 6) is -1.82. The Balaban J connectivity index is 1.55. The van der Waals surface area contributed by atoms with Crippen LogP contribution >= 0.6 is 0 Å². The van der Waals surface area contributed by atoms with Crippen LogP contribution in [0, 0.1) is 11.6 Å². The van der Waals surface area contributed by atoms with Crippen LogP contribution in [-0.4, -0.2) is 34.0 Å². The number of hydrogen-bond donors (Lipinski definition) is 0. The number of amides is 1. The monoisotopic (exact) mass is 351 g/mol. The van der Waals surface area contributed by atoms with Crippen molar-refractivity contribution < 1.29 is 22.5 Å². The maximum atomic E-state index is 15.3. The van der Waals surface area contributed by atoms with Crippen LogP contribution in [0.4, 0.5) is 13.2 Å². The number of nitrogens with zero attached hydrogens (tertiary/aromatic N) is 3. The lowest BCUT2D eigenvalue weighted by atomic mass is 9.94. The molecule has 8 heteroatoms. The van der Waals surface area contributed by atoms with Crippen molar-refractivity contribution in [1.82, 2.24) is 15.0 Å². The fraction of sp³-hybridized carbons (Fsp3) is 0.471. The van der Waals surface area contributed by atoms with E-state index in [2.05, 4.69) is 10.1 Å². The second-order valence-corrected chi connectivity index (χ2v) is 6.65. The van der Waals surface area contributed by atoms with E-state index in [9.17, 15) is 13.6 Å². The highest BCUT2D eigenvalue weighted by Crippen LogP contribution is 2.41. The van der Waals surface area contributed by atoms with Gasteiger partial charge in [0, 0.05) is 18.5 Å². The predicted octanol–water partition coefficient (Wildman–Crippen LogP) is 3.33. The third-order valence-corrected chi connectivity index (χ3v) is 4.66. The number of hydrogen-bond acceptors (Lipinski definition) is 4. The zero-order valence-electron chi connectivity index (χ0n) is 13.3. The van der Waals surface area contributed by atoms with Crippen LogP contribution < -0.4 is 0 Å². The van der Waals surface area contributed by atoms with Gasteiger partial charge in [0.25, 0.3) is 11.8 Å². The number of halogens is 3. The van der Waals surface area contributed by atoms with Crippen molar-refractivity contribution >= 4 is 5.91 Å². The molecule has 4 rings (SSSR count). The Labute approximate surface area is 141 Å². The van der Waals surface area contributed by atoms with E-state index >= 15 is 4.39 Å². The average Bonchev–Trinajstić information content (AvgIpc) is 3.31. The second kappa shape index (κ2) is 5.86. The Hall–Kier alpha value is -2.38. The number of aromatic nitrogens is 2. The molecular weight excluding hydrogens is 335 g/mol. The smallest absolute Gasteiger partial charge is 0.266 e. The summed E-state index contributed by atoms with van der Waals surface area (Å²) in [6.07, 6.45) is 2.46. The number of carbonyl (C=O) groups excluding carboxylic acids is 1. The number of likely N-dealkylation sites (tertiary alicyclic amines) is 1. The highest BCUT2D eigenvalue weighted by Gasteiger charge is 2.45. The zero-order chi connectivity index (χ0) is 17.6. The topological polar surface area (TPSA) is 59.2 Å². The van der Waals surface area contributed by atoms with E-state index in [0.717, 1.165) is 25.0 Å². The number of alkyl halides is 1. The zero-order valence-corrected chi connectivity index (χ0v) is 13.3. The molecule has 25 heavy (non-hydrogen) atoms. The fourth-order valence-electron chi connectivity index (χ4n) is 3.12. The van der Waals surface area contributed by atoms with Crippen molar-refractivity contribution in [2.45, 2.75) is 37.3 Å². The first-order chi connectivity index (χ1) is 12.0. The first-order valence-corrected chi connectivity index (χ1v) is 8.23. The van der Waals surface area contributed by atoms with Gasteiger partial charge >= 0.3 is 0 Å². The number of piperidine rings is 1. The molecule has 5 nitrogen and oxygen atoms in total. The van der Waals surface area contributed by atoms with Crippen LogP contribution in [0.25, 0.3) is 0 Å². The molecule has 1 amide bonds. The van der Waals surface area contributed by atoms with Crippen molar-refractivity contribution in [3.8, 4) is 0 Å². The van der Waals surface area contributed by atoms with Gasteiger partial charge in [0.1, 0.15) is 11.6 Å². The van der Waals surface area contributed by atoms with Gasteiger partial charge in [-0.05, 0) is 37.8 Å². The van der Waals surface area contributed by atoms with Crippen molar-refractivity contribution in [3.63, 3.8) is 0 Å². The maximum absolute atomic E-state index is 15.3. The van der Waals surface area contributed by atoms with E-state index in [1.54, 1.807) is 0 Å². The molecule has 1 saturated carbocycles. The lowest BCUT2D eigenvalue weighted by molar-refractivity contribution is 0.0150. The molecule has 2 aromatic rings. The summed E-state index contributed by atoms with van der Waals surface area (Å²) < 4.78 is 47.3. The van der Waals surface area contributed by atoms with Gasteiger partial charge in [-0.1, -0.05) is 5.16 Å². The molecule has 2 fully saturated rings. The molecule has 1 aliphatic heterocycles. The normalized spacial score (nSPS) is 23.7. The average molecular weight is 351 g/mol. The predicted molar refractivity (Wildman–Crippen MR) is 80.6 cm³/mol. The quantitative estimate of drug-likeness (QED) is 0.851. The summed E-state index contributed by atoms with van der Waals surface area (Å²) in [4.78, 5) is 17.9. The summed E-state index contributed by atoms with van der Waals surface area (Å²) in [6, 6.07) is 2.71. The lowest BCUT2D eigenvalue weighted by Gasteiger charge is -2.35. The molecule has 1 aliphatic carbocycles. The van der Waals surface area contributed by atoms with Gasteiger partial charge in [0.05, 0.1) is 12.1 Å². The van der Waals surface area contributed by atoms with Gasteiger partial charge in [-0.25, -0.2) is 13.2 Å². The molecule has 1 unspecified atom stereocenters. The molecule has 2 aliphatic rings. The fourth-order valence-corrected chi connectivity index (χ4v) is 3.12. The maximum Gasteiger partial charge on any atom is 0.266 e. The standard InChI is InChI=1S/C17H16F3N3O2/c18-11-4-5-12(13(19)8-11)15(24)23-7-1-6-17(20,9-23)16-21-14(22-25-16)10-2-3-10/h4-5,8,10H,1-3,6-7,9H2. The Bertz CT molecular complexity index is 821. The van der Waals surface area contributed by atoms with E-state index < -0.39 is 23.2 Å². The largest absolute Gasteiger partial charge is 0.336 e. The molecule has 132 valence electrons. The summed E-state index contributed by atoms with van der Waals surface area (Å²) in [5.41, 5.74) is -2.24. The van der Waals surface area contributed by atoms with Crippen LogP contribution in [-0.2, 0) is 5.67 Å². The van der Waals surface area contributed by atoms with Gasteiger partial charge in [0.2, 0.25) is 5.67 Å². The van der Waals surface area contributed by atoms with Gasteiger partial charge < -0.3 is 9.42 Å². The third kappa shape index (κ3) is 3.01. The van der Waals surface area contributed by atoms with Gasteiger partial charge in [-0.2, -0.15) is 4.98 Å². The summed E-state index contributed by atoms with van der Waals surface area (Å²) in [6.45, 7) is -0.0140. The van der Waals surface area contributed by atoms with E-state index in [1.807, 2.05) is 0 Å². The summed E-state index contributed by atoms with van der Waals surface area (Å²) in [7, 11) is 0. The molecule has 1 aromatic carbocycles. The Kier molecular flexibility index (Phi) is 3.77. The van der Waals surface area contributed by atoms with Crippen LogP contribution in [0.15, 0.2) is 22.7 Å². The van der Waals surface area contributed by atoms with Crippen molar-refractivity contribution in [2.75, 3.05) is 13.1 Å². The van der Waals surface area contributed by atoms with E-state index in [-0.39, 0.29) is 36.9 Å². The molecule has 1 aromatic heterocycles. The minimum atomic E-state index is -1.95. The molecule has 0 N–H and O–H groups in total. The van der Waals surface area contributed by atoms with Crippen LogP contribution in [0.2, 0.25) is 0 Å². The first-order valence-electron chi connectivity index (χ1n) is 8.23. The summed E-state index contributed by atoms with van der Waals surface area (Å²) in [5, 5.41) is 3.82. The van der Waals surface area contributed by atoms with E-state index in [0.29, 0.717) is 18.3 Å². The number of carbonyl (C=O) groups is 1. The van der Waals surface area contributed by atoms with Crippen LogP contribution in [0.5, 0.6) is 0 Å². The Morgan fingerprint density at radius 1 is 1.32 bits per heavy atom. The van der Waals surface area contributed by atoms with Gasteiger partial charge in [-0.3, -0.25) is 4.79 Å². The number of rotatable bonds is 3. The van der Waals surface area contributed by atoms with Crippen molar-refractivity contribution in [1.29, 1.82) is 0 Å². The van der Waals surface area contributed by atoms with Crippen LogP contribution in [0.1, 0.15) is 53.7 Å². The summed E-state index contributed by atoms with van der Waals surface area (Å²) >= 11 is 0. The Morgan fingerprint density at radius 3 is 2.84 bits per heavy atom. The van der Waals surface area contributed by atoms with Crippen molar-refractivity contribution in [3.05, 3.63) is 47.1 Å². The SMILES string of the molecule is O=C(c1ccc(F)cc1F)N1CCCC(F)(c2nc(C3CC3)no2)C1. The highest BCUT2D eigenvalue weighted by molar-refractivity contribution is 5.94. The molecule has 0 spiro atoms. The molecule has 0 bridgehead atoms. The second-order valence-electron chi connectivity index (χ2n) is 6.65. The molecular formula is C17H16F3N3O2. The molecule has 2 heterocycles. The Morgan fingerprint density at radius 2 is 2.12 bits per heavy atom. The minimum absolute atomic E-state index is 0.133. The van der Waals surface area contributed by atoms with E-state index in [1.165, 1.54) is 4.90 Å². The van der Waals surface area contributed by atoms with Gasteiger partial charge in [0.15, 0.2) is 5.82 Å². The lowest BCUT2D eigenvalue weighted by Crippen LogP contribution is -2.46. The van der Waals surface area contributed by atoms with Crippen LogP contribution in [0.3, 0.4) is 0 Å². The minimum Gasteiger partial charge on any atom is -0.336 e. The molecule has 0 radical (unpaired) electrons. The molecule has 1 atom stereocenters. The van der Waals surface area contributed by atoms with E-state index in [4.69, 9.17) is 4.52 Å².